The van der Waals surface area contributed by atoms with Gasteiger partial charge in [-0.2, -0.15) is 0 Å². The Kier molecular flexibility index (Phi) is 5.38. The van der Waals surface area contributed by atoms with Crippen LogP contribution in [0.3, 0.4) is 0 Å². The SMILES string of the molecule is COC(=O)CN(c1ccccc1F)S(=O)(=O)c1ccccc1C(=O)O. The lowest BCUT2D eigenvalue weighted by atomic mass is 10.2. The molecule has 0 saturated carbocycles. The second-order valence-corrected chi connectivity index (χ2v) is 6.67. The number of carboxylic acid groups (broad SMARTS) is 1. The predicted molar refractivity (Wildman–Crippen MR) is 86.3 cm³/mol. The van der Waals surface area contributed by atoms with Gasteiger partial charge in [0.2, 0.25) is 0 Å². The Bertz CT molecular complexity index is 912. The van der Waals surface area contributed by atoms with Crippen LogP contribution in [0.15, 0.2) is 53.4 Å². The van der Waals surface area contributed by atoms with Crippen LogP contribution in [0.2, 0.25) is 0 Å². The maximum absolute atomic E-state index is 14.1. The summed E-state index contributed by atoms with van der Waals surface area (Å²) in [6.07, 6.45) is 0. The van der Waals surface area contributed by atoms with Gasteiger partial charge in [0.1, 0.15) is 17.3 Å². The molecule has 0 spiro atoms. The molecular formula is C16H14FNO6S. The van der Waals surface area contributed by atoms with E-state index in [0.717, 1.165) is 25.3 Å². The summed E-state index contributed by atoms with van der Waals surface area (Å²) >= 11 is 0. The summed E-state index contributed by atoms with van der Waals surface area (Å²) in [5, 5.41) is 9.22. The molecule has 2 rings (SSSR count). The van der Waals surface area contributed by atoms with Gasteiger partial charge < -0.3 is 9.84 Å². The number of para-hydroxylation sites is 1. The molecule has 0 aliphatic rings. The van der Waals surface area contributed by atoms with Crippen molar-refractivity contribution in [2.45, 2.75) is 4.90 Å². The topological polar surface area (TPSA) is 101 Å². The largest absolute Gasteiger partial charge is 0.478 e. The average Bonchev–Trinajstić information content (AvgIpc) is 2.60. The van der Waals surface area contributed by atoms with E-state index >= 15 is 0 Å². The van der Waals surface area contributed by atoms with E-state index in [4.69, 9.17) is 0 Å². The van der Waals surface area contributed by atoms with Crippen molar-refractivity contribution < 1.29 is 32.2 Å². The summed E-state index contributed by atoms with van der Waals surface area (Å²) in [6.45, 7) is -0.812. The van der Waals surface area contributed by atoms with Gasteiger partial charge in [-0.1, -0.05) is 24.3 Å². The Balaban J connectivity index is 2.67. The van der Waals surface area contributed by atoms with Crippen molar-refractivity contribution in [3.8, 4) is 0 Å². The fraction of sp³-hybridized carbons (Fsp3) is 0.125. The second kappa shape index (κ2) is 7.31. The molecule has 0 fully saturated rings. The molecule has 0 amide bonds. The summed E-state index contributed by atoms with van der Waals surface area (Å²) < 4.78 is 45.0. The van der Waals surface area contributed by atoms with Crippen molar-refractivity contribution >= 4 is 27.6 Å². The number of nitrogens with zero attached hydrogens (tertiary/aromatic N) is 1. The highest BCUT2D eigenvalue weighted by Gasteiger charge is 2.32. The van der Waals surface area contributed by atoms with E-state index in [9.17, 15) is 27.5 Å². The summed E-state index contributed by atoms with van der Waals surface area (Å²) in [5.74, 6) is -3.28. The zero-order chi connectivity index (χ0) is 18.6. The molecule has 7 nitrogen and oxygen atoms in total. The number of benzene rings is 2. The van der Waals surface area contributed by atoms with E-state index in [-0.39, 0.29) is 0 Å². The summed E-state index contributed by atoms with van der Waals surface area (Å²) in [6, 6.07) is 9.80. The molecule has 9 heteroatoms. The van der Waals surface area contributed by atoms with Crippen molar-refractivity contribution in [2.24, 2.45) is 0 Å². The first-order valence-electron chi connectivity index (χ1n) is 6.95. The number of rotatable bonds is 6. The third kappa shape index (κ3) is 3.77. The van der Waals surface area contributed by atoms with Crippen LogP contribution in [0.4, 0.5) is 10.1 Å². The summed E-state index contributed by atoms with van der Waals surface area (Å²) in [7, 11) is -3.49. The van der Waals surface area contributed by atoms with Crippen LogP contribution in [0.1, 0.15) is 10.4 Å². The average molecular weight is 367 g/mol. The molecule has 2 aromatic carbocycles. The number of halogens is 1. The Morgan fingerprint density at radius 3 is 2.32 bits per heavy atom. The number of sulfonamides is 1. The molecule has 0 aliphatic heterocycles. The number of methoxy groups -OCH3 is 1. The van der Waals surface area contributed by atoms with E-state index in [2.05, 4.69) is 4.74 Å². The number of hydrogen-bond acceptors (Lipinski definition) is 5. The van der Waals surface area contributed by atoms with Crippen molar-refractivity contribution in [1.82, 2.24) is 0 Å². The Morgan fingerprint density at radius 2 is 1.72 bits per heavy atom. The lowest BCUT2D eigenvalue weighted by molar-refractivity contribution is -0.138. The quantitative estimate of drug-likeness (QED) is 0.783. The molecule has 0 atom stereocenters. The molecule has 0 unspecified atom stereocenters. The van der Waals surface area contributed by atoms with E-state index in [1.54, 1.807) is 0 Å². The van der Waals surface area contributed by atoms with Gasteiger partial charge in [-0.3, -0.25) is 9.10 Å². The second-order valence-electron chi connectivity index (χ2n) is 4.84. The monoisotopic (exact) mass is 367 g/mol. The normalized spacial score (nSPS) is 11.0. The number of hydrogen-bond donors (Lipinski definition) is 1. The minimum atomic E-state index is -4.55. The first-order chi connectivity index (χ1) is 11.8. The molecule has 132 valence electrons. The van der Waals surface area contributed by atoms with Gasteiger partial charge in [0, 0.05) is 0 Å². The highest BCUT2D eigenvalue weighted by Crippen LogP contribution is 2.28. The van der Waals surface area contributed by atoms with Gasteiger partial charge in [-0.25, -0.2) is 17.6 Å². The fourth-order valence-corrected chi connectivity index (χ4v) is 3.73. The number of carboxylic acids is 1. The van der Waals surface area contributed by atoms with Gasteiger partial charge in [-0.05, 0) is 24.3 Å². The smallest absolute Gasteiger partial charge is 0.337 e. The first-order valence-corrected chi connectivity index (χ1v) is 8.39. The highest BCUT2D eigenvalue weighted by molar-refractivity contribution is 7.93. The maximum Gasteiger partial charge on any atom is 0.337 e. The number of carbonyl (C=O) groups excluding carboxylic acids is 1. The molecular weight excluding hydrogens is 353 g/mol. The molecule has 2 aromatic rings. The Morgan fingerprint density at radius 1 is 1.12 bits per heavy atom. The van der Waals surface area contributed by atoms with Gasteiger partial charge in [-0.15, -0.1) is 0 Å². The number of carbonyl (C=O) groups is 2. The molecule has 0 radical (unpaired) electrons. The molecule has 0 saturated heterocycles. The van der Waals surface area contributed by atoms with Crippen molar-refractivity contribution in [3.05, 3.63) is 59.9 Å². The van der Waals surface area contributed by atoms with Crippen LogP contribution in [0.25, 0.3) is 0 Å². The lowest BCUT2D eigenvalue weighted by Gasteiger charge is -2.24. The van der Waals surface area contributed by atoms with Gasteiger partial charge in [0.25, 0.3) is 10.0 Å². The maximum atomic E-state index is 14.1. The summed E-state index contributed by atoms with van der Waals surface area (Å²) in [4.78, 5) is 22.4. The first kappa shape index (κ1) is 18.4. The minimum Gasteiger partial charge on any atom is -0.478 e. The van der Waals surface area contributed by atoms with Crippen LogP contribution in [0, 0.1) is 5.82 Å². The zero-order valence-corrected chi connectivity index (χ0v) is 13.9. The molecule has 0 aliphatic carbocycles. The van der Waals surface area contributed by atoms with Crippen LogP contribution >= 0.6 is 0 Å². The van der Waals surface area contributed by atoms with Crippen molar-refractivity contribution in [2.75, 3.05) is 18.0 Å². The number of esters is 1. The van der Waals surface area contributed by atoms with E-state index < -0.39 is 50.5 Å². The molecule has 1 N–H and O–H groups in total. The highest BCUT2D eigenvalue weighted by atomic mass is 32.2. The molecule has 0 aromatic heterocycles. The summed E-state index contributed by atoms with van der Waals surface area (Å²) in [5.41, 5.74) is -0.887. The van der Waals surface area contributed by atoms with E-state index in [1.807, 2.05) is 0 Å². The Labute approximate surface area is 143 Å². The third-order valence-electron chi connectivity index (χ3n) is 3.31. The molecule has 25 heavy (non-hydrogen) atoms. The number of anilines is 1. The molecule has 0 bridgehead atoms. The van der Waals surface area contributed by atoms with Crippen LogP contribution < -0.4 is 4.31 Å². The molecule has 0 heterocycles. The van der Waals surface area contributed by atoms with Crippen LogP contribution in [-0.4, -0.2) is 39.1 Å². The van der Waals surface area contributed by atoms with E-state index in [0.29, 0.717) is 4.31 Å². The zero-order valence-electron chi connectivity index (χ0n) is 13.0. The van der Waals surface area contributed by atoms with E-state index in [1.165, 1.54) is 30.3 Å². The van der Waals surface area contributed by atoms with Crippen LogP contribution in [0.5, 0.6) is 0 Å². The van der Waals surface area contributed by atoms with Crippen LogP contribution in [-0.2, 0) is 19.6 Å². The minimum absolute atomic E-state index is 0.395. The number of aromatic carboxylic acids is 1. The van der Waals surface area contributed by atoms with Crippen molar-refractivity contribution in [3.63, 3.8) is 0 Å². The fourth-order valence-electron chi connectivity index (χ4n) is 2.12. The standard InChI is InChI=1S/C16H14FNO6S/c1-24-15(19)10-18(13-8-4-3-7-12(13)17)25(22,23)14-9-5-2-6-11(14)16(20)21/h2-9H,10H2,1H3,(H,20,21). The lowest BCUT2D eigenvalue weighted by Crippen LogP contribution is -2.37. The predicted octanol–water partition coefficient (Wildman–Crippen LogP) is 1.89. The van der Waals surface area contributed by atoms with Gasteiger partial charge >= 0.3 is 11.9 Å². The van der Waals surface area contributed by atoms with Gasteiger partial charge in [0.05, 0.1) is 18.4 Å². The Hall–Kier alpha value is -2.94. The number of ether oxygens (including phenoxy) is 1. The third-order valence-corrected chi connectivity index (χ3v) is 5.12. The van der Waals surface area contributed by atoms with Gasteiger partial charge in [0.15, 0.2) is 0 Å². The van der Waals surface area contributed by atoms with Crippen molar-refractivity contribution in [1.29, 1.82) is 0 Å².